The second kappa shape index (κ2) is 4.24. The van der Waals surface area contributed by atoms with Gasteiger partial charge in [0, 0.05) is 0 Å². The summed E-state index contributed by atoms with van der Waals surface area (Å²) < 4.78 is 18.2. The molecule has 0 aliphatic heterocycles. The monoisotopic (exact) mass is 222 g/mol. The standard InChI is InChI=1S/C13H15FO2/c1-8-10(4-3-5-11(8)14)12(9-6-7-9)13(15)16-2/h3-5,9,12H,6-7H2,1-2H3. The summed E-state index contributed by atoms with van der Waals surface area (Å²) in [6.07, 6.45) is 2.05. The number of rotatable bonds is 3. The first-order valence-electron chi connectivity index (χ1n) is 5.48. The lowest BCUT2D eigenvalue weighted by Crippen LogP contribution is -2.17. The number of benzene rings is 1. The Hall–Kier alpha value is -1.38. The van der Waals surface area contributed by atoms with Crippen LogP contribution in [0.1, 0.15) is 29.9 Å². The van der Waals surface area contributed by atoms with Crippen molar-refractivity contribution in [3.05, 3.63) is 35.1 Å². The fourth-order valence-electron chi connectivity index (χ4n) is 2.09. The van der Waals surface area contributed by atoms with Gasteiger partial charge in [0.05, 0.1) is 13.0 Å². The Balaban J connectivity index is 2.38. The molecule has 1 fully saturated rings. The van der Waals surface area contributed by atoms with Crippen LogP contribution in [0.2, 0.25) is 0 Å². The van der Waals surface area contributed by atoms with E-state index in [4.69, 9.17) is 4.74 Å². The Bertz CT molecular complexity index is 410. The number of hydrogen-bond acceptors (Lipinski definition) is 2. The number of halogens is 1. The molecule has 0 aromatic heterocycles. The lowest BCUT2D eigenvalue weighted by molar-refractivity contribution is -0.143. The van der Waals surface area contributed by atoms with Gasteiger partial charge in [-0.25, -0.2) is 4.39 Å². The van der Waals surface area contributed by atoms with Crippen LogP contribution in [0.15, 0.2) is 18.2 Å². The minimum atomic E-state index is -0.291. The fraction of sp³-hybridized carbons (Fsp3) is 0.462. The molecule has 3 heteroatoms. The molecule has 0 radical (unpaired) electrons. The molecule has 1 aliphatic rings. The Morgan fingerprint density at radius 2 is 2.19 bits per heavy atom. The van der Waals surface area contributed by atoms with Crippen LogP contribution in [-0.4, -0.2) is 13.1 Å². The first-order valence-corrected chi connectivity index (χ1v) is 5.48. The van der Waals surface area contributed by atoms with Gasteiger partial charge in [-0.05, 0) is 42.9 Å². The molecule has 2 rings (SSSR count). The van der Waals surface area contributed by atoms with E-state index in [1.54, 1.807) is 13.0 Å². The molecule has 86 valence electrons. The molecule has 1 aromatic carbocycles. The Kier molecular flexibility index (Phi) is 2.95. The van der Waals surface area contributed by atoms with Crippen LogP contribution in [0.4, 0.5) is 4.39 Å². The Labute approximate surface area is 94.4 Å². The molecule has 1 aliphatic carbocycles. The maximum atomic E-state index is 13.4. The molecule has 1 aromatic rings. The van der Waals surface area contributed by atoms with Gasteiger partial charge in [-0.3, -0.25) is 4.79 Å². The highest BCUT2D eigenvalue weighted by Gasteiger charge is 2.39. The zero-order valence-electron chi connectivity index (χ0n) is 9.50. The van der Waals surface area contributed by atoms with Crippen molar-refractivity contribution in [1.29, 1.82) is 0 Å². The van der Waals surface area contributed by atoms with Gasteiger partial charge in [0.25, 0.3) is 0 Å². The van der Waals surface area contributed by atoms with Gasteiger partial charge in [0.1, 0.15) is 5.82 Å². The smallest absolute Gasteiger partial charge is 0.313 e. The first-order chi connectivity index (χ1) is 7.65. The molecular weight excluding hydrogens is 207 g/mol. The van der Waals surface area contributed by atoms with Crippen molar-refractivity contribution in [1.82, 2.24) is 0 Å². The number of carbonyl (C=O) groups excluding carboxylic acids is 1. The number of carbonyl (C=O) groups is 1. The number of hydrogen-bond donors (Lipinski definition) is 0. The third kappa shape index (κ3) is 1.94. The summed E-state index contributed by atoms with van der Waals surface area (Å²) >= 11 is 0. The molecule has 2 nitrogen and oxygen atoms in total. The average Bonchev–Trinajstić information content (AvgIpc) is 3.08. The molecule has 0 saturated heterocycles. The molecule has 16 heavy (non-hydrogen) atoms. The Morgan fingerprint density at radius 1 is 1.50 bits per heavy atom. The summed E-state index contributed by atoms with van der Waals surface area (Å²) in [5.74, 6) is -0.475. The highest BCUT2D eigenvalue weighted by Crippen LogP contribution is 2.44. The molecular formula is C13H15FO2. The van der Waals surface area contributed by atoms with Crippen molar-refractivity contribution in [2.45, 2.75) is 25.7 Å². The number of methoxy groups -OCH3 is 1. The van der Waals surface area contributed by atoms with Crippen molar-refractivity contribution >= 4 is 5.97 Å². The van der Waals surface area contributed by atoms with Crippen molar-refractivity contribution in [2.24, 2.45) is 5.92 Å². The van der Waals surface area contributed by atoms with Gasteiger partial charge in [-0.15, -0.1) is 0 Å². The second-order valence-corrected chi connectivity index (χ2v) is 4.29. The summed E-state index contributed by atoms with van der Waals surface area (Å²) in [6.45, 7) is 1.71. The van der Waals surface area contributed by atoms with E-state index < -0.39 is 0 Å². The normalized spacial score (nSPS) is 16.9. The van der Waals surface area contributed by atoms with Crippen molar-refractivity contribution in [3.8, 4) is 0 Å². The highest BCUT2D eigenvalue weighted by molar-refractivity contribution is 5.79. The predicted molar refractivity (Wildman–Crippen MR) is 58.6 cm³/mol. The van der Waals surface area contributed by atoms with Crippen LogP contribution in [0.5, 0.6) is 0 Å². The summed E-state index contributed by atoms with van der Waals surface area (Å²) in [6, 6.07) is 4.88. The maximum Gasteiger partial charge on any atom is 0.313 e. The van der Waals surface area contributed by atoms with E-state index in [0.717, 1.165) is 18.4 Å². The zero-order valence-corrected chi connectivity index (χ0v) is 9.50. The van der Waals surface area contributed by atoms with E-state index in [2.05, 4.69) is 0 Å². The van der Waals surface area contributed by atoms with Crippen LogP contribution >= 0.6 is 0 Å². The van der Waals surface area contributed by atoms with E-state index in [1.807, 2.05) is 6.07 Å². The van der Waals surface area contributed by atoms with E-state index in [-0.39, 0.29) is 17.7 Å². The largest absolute Gasteiger partial charge is 0.469 e. The van der Waals surface area contributed by atoms with Gasteiger partial charge in [-0.2, -0.15) is 0 Å². The number of esters is 1. The summed E-state index contributed by atoms with van der Waals surface area (Å²) in [4.78, 5) is 11.7. The average molecular weight is 222 g/mol. The summed E-state index contributed by atoms with van der Waals surface area (Å²) in [7, 11) is 1.38. The van der Waals surface area contributed by atoms with E-state index in [0.29, 0.717) is 11.5 Å². The minimum Gasteiger partial charge on any atom is -0.469 e. The molecule has 0 bridgehead atoms. The molecule has 0 N–H and O–H groups in total. The van der Waals surface area contributed by atoms with Crippen LogP contribution in [-0.2, 0) is 9.53 Å². The lowest BCUT2D eigenvalue weighted by atomic mass is 9.90. The maximum absolute atomic E-state index is 13.4. The lowest BCUT2D eigenvalue weighted by Gasteiger charge is -2.16. The van der Waals surface area contributed by atoms with Gasteiger partial charge >= 0.3 is 5.97 Å². The summed E-state index contributed by atoms with van der Waals surface area (Å²) in [5, 5.41) is 0. The van der Waals surface area contributed by atoms with Crippen LogP contribution in [0, 0.1) is 18.7 Å². The fourth-order valence-corrected chi connectivity index (χ4v) is 2.09. The van der Waals surface area contributed by atoms with Crippen molar-refractivity contribution in [2.75, 3.05) is 7.11 Å². The van der Waals surface area contributed by atoms with Crippen molar-refractivity contribution < 1.29 is 13.9 Å². The van der Waals surface area contributed by atoms with Crippen LogP contribution in [0.3, 0.4) is 0 Å². The minimum absolute atomic E-state index is 0.254. The van der Waals surface area contributed by atoms with E-state index >= 15 is 0 Å². The molecule has 0 amide bonds. The highest BCUT2D eigenvalue weighted by atomic mass is 19.1. The molecule has 0 spiro atoms. The van der Waals surface area contributed by atoms with Gasteiger partial charge in [0.15, 0.2) is 0 Å². The molecule has 1 unspecified atom stereocenters. The van der Waals surface area contributed by atoms with E-state index in [9.17, 15) is 9.18 Å². The van der Waals surface area contributed by atoms with E-state index in [1.165, 1.54) is 13.2 Å². The molecule has 1 saturated carbocycles. The topological polar surface area (TPSA) is 26.3 Å². The second-order valence-electron chi connectivity index (χ2n) is 4.29. The molecule has 0 heterocycles. The van der Waals surface area contributed by atoms with Crippen LogP contribution in [0.25, 0.3) is 0 Å². The van der Waals surface area contributed by atoms with Gasteiger partial charge in [0.2, 0.25) is 0 Å². The van der Waals surface area contributed by atoms with Crippen LogP contribution < -0.4 is 0 Å². The van der Waals surface area contributed by atoms with Crippen molar-refractivity contribution in [3.63, 3.8) is 0 Å². The molecule has 1 atom stereocenters. The summed E-state index contributed by atoms with van der Waals surface area (Å²) in [5.41, 5.74) is 1.33. The SMILES string of the molecule is COC(=O)C(c1cccc(F)c1C)C1CC1. The Morgan fingerprint density at radius 3 is 2.75 bits per heavy atom. The first kappa shape index (κ1) is 11.1. The third-order valence-corrected chi connectivity index (χ3v) is 3.19. The number of ether oxygens (including phenoxy) is 1. The predicted octanol–water partition coefficient (Wildman–Crippen LogP) is 2.80. The van der Waals surface area contributed by atoms with Gasteiger partial charge < -0.3 is 4.74 Å². The third-order valence-electron chi connectivity index (χ3n) is 3.19. The zero-order chi connectivity index (χ0) is 11.7. The van der Waals surface area contributed by atoms with Gasteiger partial charge in [-0.1, -0.05) is 12.1 Å². The quantitative estimate of drug-likeness (QED) is 0.735.